The highest BCUT2D eigenvalue weighted by Crippen LogP contribution is 2.16. The Morgan fingerprint density at radius 2 is 2.37 bits per heavy atom. The molecule has 0 aromatic heterocycles. The Balaban J connectivity index is 1.90. The van der Waals surface area contributed by atoms with E-state index in [-0.39, 0.29) is 23.7 Å². The summed E-state index contributed by atoms with van der Waals surface area (Å²) < 4.78 is 18.6. The molecule has 1 aliphatic heterocycles. The fourth-order valence-corrected chi connectivity index (χ4v) is 1.70. The first-order chi connectivity index (χ1) is 9.02. The zero-order valence-electron chi connectivity index (χ0n) is 10.5. The minimum Gasteiger partial charge on any atom is -0.363 e. The van der Waals surface area contributed by atoms with Crippen molar-refractivity contribution < 1.29 is 13.9 Å². The van der Waals surface area contributed by atoms with Crippen LogP contribution in [0.25, 0.3) is 0 Å². The number of carbonyl (C=O) groups is 1. The molecule has 0 spiro atoms. The summed E-state index contributed by atoms with van der Waals surface area (Å²) in [6.45, 7) is 3.28. The number of anilines is 1. The second-order valence-electron chi connectivity index (χ2n) is 4.70. The number of carbonyl (C=O) groups excluding carboxylic acids is 1. The standard InChI is InChI=1S/C13H14FN3O2/c1-13(7-16-8-13)19-6-12(18)17-10-2-3-11(14)9(4-10)5-15/h2-4,16H,6-8H2,1H3,(H,17,18). The summed E-state index contributed by atoms with van der Waals surface area (Å²) in [6.07, 6.45) is 0. The summed E-state index contributed by atoms with van der Waals surface area (Å²) in [4.78, 5) is 11.7. The first-order valence-electron chi connectivity index (χ1n) is 5.87. The fourth-order valence-electron chi connectivity index (χ4n) is 1.70. The van der Waals surface area contributed by atoms with Gasteiger partial charge < -0.3 is 15.4 Å². The van der Waals surface area contributed by atoms with Crippen LogP contribution in [0.3, 0.4) is 0 Å². The lowest BCUT2D eigenvalue weighted by molar-refractivity contribution is -0.130. The van der Waals surface area contributed by atoms with E-state index in [0.717, 1.165) is 19.2 Å². The van der Waals surface area contributed by atoms with E-state index in [9.17, 15) is 9.18 Å². The Hall–Kier alpha value is -1.97. The number of ether oxygens (including phenoxy) is 1. The van der Waals surface area contributed by atoms with Gasteiger partial charge in [0.15, 0.2) is 0 Å². The maximum Gasteiger partial charge on any atom is 0.250 e. The van der Waals surface area contributed by atoms with Crippen LogP contribution in [0.15, 0.2) is 18.2 Å². The number of nitrogens with zero attached hydrogens (tertiary/aromatic N) is 1. The van der Waals surface area contributed by atoms with Crippen LogP contribution in [0.4, 0.5) is 10.1 Å². The number of nitrogens with one attached hydrogen (secondary N) is 2. The van der Waals surface area contributed by atoms with Gasteiger partial charge in [0.2, 0.25) is 5.91 Å². The molecule has 6 heteroatoms. The SMILES string of the molecule is CC1(OCC(=O)Nc2ccc(F)c(C#N)c2)CNC1. The quantitative estimate of drug-likeness (QED) is 0.850. The van der Waals surface area contributed by atoms with Gasteiger partial charge in [0.25, 0.3) is 0 Å². The van der Waals surface area contributed by atoms with Gasteiger partial charge >= 0.3 is 0 Å². The molecule has 1 amide bonds. The van der Waals surface area contributed by atoms with E-state index in [1.807, 2.05) is 6.92 Å². The summed E-state index contributed by atoms with van der Waals surface area (Å²) in [7, 11) is 0. The van der Waals surface area contributed by atoms with E-state index in [4.69, 9.17) is 10.00 Å². The summed E-state index contributed by atoms with van der Waals surface area (Å²) in [6, 6.07) is 5.56. The fraction of sp³-hybridized carbons (Fsp3) is 0.385. The van der Waals surface area contributed by atoms with Crippen LogP contribution in [-0.4, -0.2) is 31.2 Å². The maximum absolute atomic E-state index is 13.1. The highest BCUT2D eigenvalue weighted by Gasteiger charge is 2.32. The second-order valence-corrected chi connectivity index (χ2v) is 4.70. The highest BCUT2D eigenvalue weighted by atomic mass is 19.1. The Bertz CT molecular complexity index is 535. The van der Waals surface area contributed by atoms with E-state index in [2.05, 4.69) is 10.6 Å². The number of halogens is 1. The van der Waals surface area contributed by atoms with Crippen molar-refractivity contribution in [1.29, 1.82) is 5.26 Å². The van der Waals surface area contributed by atoms with Crippen molar-refractivity contribution in [3.05, 3.63) is 29.6 Å². The molecule has 0 atom stereocenters. The van der Waals surface area contributed by atoms with Gasteiger partial charge in [-0.25, -0.2) is 4.39 Å². The molecule has 1 saturated heterocycles. The molecule has 2 rings (SSSR count). The Labute approximate surface area is 110 Å². The van der Waals surface area contributed by atoms with Gasteiger partial charge in [-0.3, -0.25) is 4.79 Å². The summed E-state index contributed by atoms with van der Waals surface area (Å²) in [5, 5.41) is 14.3. The van der Waals surface area contributed by atoms with Crippen LogP contribution in [-0.2, 0) is 9.53 Å². The van der Waals surface area contributed by atoms with Crippen molar-refractivity contribution in [3.8, 4) is 6.07 Å². The lowest BCUT2D eigenvalue weighted by Gasteiger charge is -2.38. The Morgan fingerprint density at radius 3 is 2.95 bits per heavy atom. The van der Waals surface area contributed by atoms with E-state index in [1.54, 1.807) is 6.07 Å². The van der Waals surface area contributed by atoms with Crippen LogP contribution >= 0.6 is 0 Å². The molecular weight excluding hydrogens is 249 g/mol. The van der Waals surface area contributed by atoms with Crippen molar-refractivity contribution in [1.82, 2.24) is 5.32 Å². The molecule has 1 aromatic carbocycles. The van der Waals surface area contributed by atoms with E-state index < -0.39 is 5.82 Å². The van der Waals surface area contributed by atoms with Gasteiger partial charge in [0, 0.05) is 18.8 Å². The van der Waals surface area contributed by atoms with Crippen molar-refractivity contribution in [3.63, 3.8) is 0 Å². The molecule has 1 fully saturated rings. The predicted molar refractivity (Wildman–Crippen MR) is 67.0 cm³/mol. The smallest absolute Gasteiger partial charge is 0.250 e. The van der Waals surface area contributed by atoms with Crippen molar-refractivity contribution in [2.75, 3.05) is 25.0 Å². The highest BCUT2D eigenvalue weighted by molar-refractivity contribution is 5.91. The number of benzene rings is 1. The largest absolute Gasteiger partial charge is 0.363 e. The first-order valence-corrected chi connectivity index (χ1v) is 5.87. The predicted octanol–water partition coefficient (Wildman–Crippen LogP) is 1.01. The third-order valence-corrected chi connectivity index (χ3v) is 2.92. The maximum atomic E-state index is 13.1. The van der Waals surface area contributed by atoms with Gasteiger partial charge in [-0.2, -0.15) is 5.26 Å². The van der Waals surface area contributed by atoms with Crippen LogP contribution in [0.5, 0.6) is 0 Å². The molecule has 0 unspecified atom stereocenters. The molecule has 0 radical (unpaired) electrons. The molecule has 1 heterocycles. The van der Waals surface area contributed by atoms with Gasteiger partial charge in [-0.1, -0.05) is 0 Å². The third-order valence-electron chi connectivity index (χ3n) is 2.92. The number of hydrogen-bond acceptors (Lipinski definition) is 4. The first kappa shape index (κ1) is 13.5. The second kappa shape index (κ2) is 5.34. The van der Waals surface area contributed by atoms with Crippen molar-refractivity contribution >= 4 is 11.6 Å². The molecule has 100 valence electrons. The lowest BCUT2D eigenvalue weighted by Crippen LogP contribution is -2.59. The zero-order valence-corrected chi connectivity index (χ0v) is 10.5. The molecule has 0 saturated carbocycles. The number of nitriles is 1. The van der Waals surface area contributed by atoms with Gasteiger partial charge in [-0.05, 0) is 25.1 Å². The Morgan fingerprint density at radius 1 is 1.63 bits per heavy atom. The molecule has 19 heavy (non-hydrogen) atoms. The average Bonchev–Trinajstić information content (AvgIpc) is 2.36. The molecule has 1 aliphatic rings. The van der Waals surface area contributed by atoms with Crippen LogP contribution in [0.2, 0.25) is 0 Å². The number of hydrogen-bond donors (Lipinski definition) is 2. The third kappa shape index (κ3) is 3.28. The van der Waals surface area contributed by atoms with Crippen molar-refractivity contribution in [2.45, 2.75) is 12.5 Å². The van der Waals surface area contributed by atoms with Crippen molar-refractivity contribution in [2.24, 2.45) is 0 Å². The summed E-state index contributed by atoms with van der Waals surface area (Å²) in [5.41, 5.74) is -0.0184. The number of amides is 1. The molecule has 2 N–H and O–H groups in total. The van der Waals surface area contributed by atoms with Gasteiger partial charge in [-0.15, -0.1) is 0 Å². The summed E-state index contributed by atoms with van der Waals surface area (Å²) >= 11 is 0. The molecular formula is C13H14FN3O2. The molecule has 5 nitrogen and oxygen atoms in total. The van der Waals surface area contributed by atoms with E-state index >= 15 is 0 Å². The minimum atomic E-state index is -0.607. The molecule has 1 aromatic rings. The van der Waals surface area contributed by atoms with Gasteiger partial charge in [0.1, 0.15) is 18.5 Å². The lowest BCUT2D eigenvalue weighted by atomic mass is 10.0. The van der Waals surface area contributed by atoms with Crippen LogP contribution in [0.1, 0.15) is 12.5 Å². The van der Waals surface area contributed by atoms with E-state index in [0.29, 0.717) is 5.69 Å². The van der Waals surface area contributed by atoms with Crippen LogP contribution in [0, 0.1) is 17.1 Å². The Kier molecular flexibility index (Phi) is 3.79. The zero-order chi connectivity index (χ0) is 13.9. The average molecular weight is 263 g/mol. The number of rotatable bonds is 4. The topological polar surface area (TPSA) is 74.1 Å². The van der Waals surface area contributed by atoms with E-state index in [1.165, 1.54) is 12.1 Å². The molecule has 0 aliphatic carbocycles. The van der Waals surface area contributed by atoms with Gasteiger partial charge in [0.05, 0.1) is 11.2 Å². The van der Waals surface area contributed by atoms with Crippen LogP contribution < -0.4 is 10.6 Å². The monoisotopic (exact) mass is 263 g/mol. The normalized spacial score (nSPS) is 16.3. The minimum absolute atomic E-state index is 0.0720. The summed E-state index contributed by atoms with van der Waals surface area (Å²) in [5.74, 6) is -0.937. The molecule has 0 bridgehead atoms.